The summed E-state index contributed by atoms with van der Waals surface area (Å²) in [6.07, 6.45) is 3.56. The van der Waals surface area contributed by atoms with Crippen molar-refractivity contribution in [3.8, 4) is 5.75 Å². The van der Waals surface area contributed by atoms with Crippen molar-refractivity contribution in [2.24, 2.45) is 5.84 Å². The molecule has 0 saturated heterocycles. The summed E-state index contributed by atoms with van der Waals surface area (Å²) in [6, 6.07) is 8.34. The average Bonchev–Trinajstić information content (AvgIpc) is 2.92. The maximum atomic E-state index is 5.79. The van der Waals surface area contributed by atoms with Gasteiger partial charge in [0.05, 0.1) is 12.6 Å². The van der Waals surface area contributed by atoms with Gasteiger partial charge in [-0.1, -0.05) is 15.9 Å². The van der Waals surface area contributed by atoms with E-state index in [1.54, 1.807) is 0 Å². The summed E-state index contributed by atoms with van der Waals surface area (Å²) in [7, 11) is 0. The predicted molar refractivity (Wildman–Crippen MR) is 86.1 cm³/mol. The molecule has 4 nitrogen and oxygen atoms in total. The number of fused-ring (bicyclic) bond motifs is 1. The van der Waals surface area contributed by atoms with E-state index in [2.05, 4.69) is 44.5 Å². The molecule has 1 aromatic carbocycles. The number of ether oxygens (including phenoxy) is 1. The van der Waals surface area contributed by atoms with E-state index in [0.717, 1.165) is 40.9 Å². The molecule has 0 spiro atoms. The summed E-state index contributed by atoms with van der Waals surface area (Å²) in [5.41, 5.74) is 7.47. The Balaban J connectivity index is 1.91. The zero-order valence-corrected chi connectivity index (χ0v) is 13.5. The molecule has 5 heteroatoms. The number of nitrogens with zero attached hydrogens (tertiary/aromatic N) is 1. The molecule has 0 radical (unpaired) electrons. The summed E-state index contributed by atoms with van der Waals surface area (Å²) < 4.78 is 6.87. The Morgan fingerprint density at radius 1 is 1.43 bits per heavy atom. The first-order valence-electron chi connectivity index (χ1n) is 7.00. The lowest BCUT2D eigenvalue weighted by Gasteiger charge is -2.18. The Bertz CT molecular complexity index is 660. The van der Waals surface area contributed by atoms with Gasteiger partial charge in [0.1, 0.15) is 5.75 Å². The van der Waals surface area contributed by atoms with Crippen LogP contribution in [-0.2, 0) is 12.8 Å². The summed E-state index contributed by atoms with van der Waals surface area (Å²) in [4.78, 5) is 4.23. The second kappa shape index (κ2) is 6.13. The Kier molecular flexibility index (Phi) is 4.24. The van der Waals surface area contributed by atoms with Gasteiger partial charge in [-0.05, 0) is 54.3 Å². The first kappa shape index (κ1) is 14.5. The lowest BCUT2D eigenvalue weighted by Crippen LogP contribution is -2.29. The van der Waals surface area contributed by atoms with E-state index in [1.807, 2.05) is 19.2 Å². The second-order valence-electron chi connectivity index (χ2n) is 5.31. The number of hydrogen-bond acceptors (Lipinski definition) is 4. The number of aryl methyl sites for hydroxylation is 1. The van der Waals surface area contributed by atoms with E-state index in [-0.39, 0.29) is 6.04 Å². The molecule has 0 aliphatic carbocycles. The third-order valence-electron chi connectivity index (χ3n) is 3.77. The molecule has 1 aromatic heterocycles. The molecule has 110 valence electrons. The first-order chi connectivity index (χ1) is 10.2. The second-order valence-corrected chi connectivity index (χ2v) is 6.22. The fourth-order valence-electron chi connectivity index (χ4n) is 2.77. The SMILES string of the molecule is Cc1cc(C(Cc2cc(Br)cc3c2OCC3)NN)ccn1. The highest BCUT2D eigenvalue weighted by molar-refractivity contribution is 9.10. The molecule has 2 aromatic rings. The standard InChI is InChI=1S/C16H18BrN3O/c1-10-6-11(2-4-19-10)15(20-18)9-13-8-14(17)7-12-3-5-21-16(12)13/h2,4,6-8,15,20H,3,5,9,18H2,1H3. The number of hydrogen-bond donors (Lipinski definition) is 2. The fraction of sp³-hybridized carbons (Fsp3) is 0.312. The van der Waals surface area contributed by atoms with E-state index in [4.69, 9.17) is 10.6 Å². The van der Waals surface area contributed by atoms with Crippen molar-refractivity contribution in [3.63, 3.8) is 0 Å². The molecule has 0 saturated carbocycles. The van der Waals surface area contributed by atoms with Crippen LogP contribution in [0.3, 0.4) is 0 Å². The van der Waals surface area contributed by atoms with Gasteiger partial charge in [0, 0.05) is 22.8 Å². The van der Waals surface area contributed by atoms with Crippen LogP contribution in [0.5, 0.6) is 5.75 Å². The largest absolute Gasteiger partial charge is 0.493 e. The highest BCUT2D eigenvalue weighted by atomic mass is 79.9. The van der Waals surface area contributed by atoms with Crippen LogP contribution in [0.1, 0.15) is 28.4 Å². The fourth-order valence-corrected chi connectivity index (χ4v) is 3.33. The van der Waals surface area contributed by atoms with Crippen LogP contribution in [-0.4, -0.2) is 11.6 Å². The molecular weight excluding hydrogens is 330 g/mol. The molecule has 3 rings (SSSR count). The number of pyridine rings is 1. The van der Waals surface area contributed by atoms with Crippen LogP contribution in [0.15, 0.2) is 34.9 Å². The molecule has 0 bridgehead atoms. The van der Waals surface area contributed by atoms with Crippen molar-refractivity contribution >= 4 is 15.9 Å². The van der Waals surface area contributed by atoms with E-state index in [9.17, 15) is 0 Å². The third kappa shape index (κ3) is 3.10. The third-order valence-corrected chi connectivity index (χ3v) is 4.23. The number of rotatable bonds is 4. The van der Waals surface area contributed by atoms with Crippen molar-refractivity contribution in [2.45, 2.75) is 25.8 Å². The van der Waals surface area contributed by atoms with Crippen LogP contribution in [0, 0.1) is 6.92 Å². The van der Waals surface area contributed by atoms with Crippen LogP contribution in [0.4, 0.5) is 0 Å². The van der Waals surface area contributed by atoms with Gasteiger partial charge in [-0.25, -0.2) is 0 Å². The number of halogens is 1. The van der Waals surface area contributed by atoms with Crippen LogP contribution in [0.25, 0.3) is 0 Å². The lowest BCUT2D eigenvalue weighted by molar-refractivity contribution is 0.351. The minimum Gasteiger partial charge on any atom is -0.493 e. The van der Waals surface area contributed by atoms with Gasteiger partial charge in [0.2, 0.25) is 0 Å². The zero-order chi connectivity index (χ0) is 14.8. The van der Waals surface area contributed by atoms with Gasteiger partial charge in [-0.15, -0.1) is 0 Å². The summed E-state index contributed by atoms with van der Waals surface area (Å²) in [6.45, 7) is 2.74. The molecule has 1 aliphatic rings. The van der Waals surface area contributed by atoms with Crippen molar-refractivity contribution in [3.05, 3.63) is 57.3 Å². The maximum Gasteiger partial charge on any atom is 0.125 e. The predicted octanol–water partition coefficient (Wildman–Crippen LogP) is 2.83. The minimum absolute atomic E-state index is 0.0364. The number of nitrogens with two attached hydrogens (primary N) is 1. The van der Waals surface area contributed by atoms with Crippen LogP contribution < -0.4 is 16.0 Å². The summed E-state index contributed by atoms with van der Waals surface area (Å²) >= 11 is 3.58. The van der Waals surface area contributed by atoms with Gasteiger partial charge >= 0.3 is 0 Å². The smallest absolute Gasteiger partial charge is 0.125 e. The monoisotopic (exact) mass is 347 g/mol. The molecule has 1 aliphatic heterocycles. The van der Waals surface area contributed by atoms with E-state index >= 15 is 0 Å². The Morgan fingerprint density at radius 3 is 3.05 bits per heavy atom. The van der Waals surface area contributed by atoms with Gasteiger partial charge in [0.15, 0.2) is 0 Å². The minimum atomic E-state index is 0.0364. The Labute approximate surface area is 132 Å². The van der Waals surface area contributed by atoms with Crippen molar-refractivity contribution in [1.29, 1.82) is 0 Å². The molecule has 1 atom stereocenters. The van der Waals surface area contributed by atoms with Crippen LogP contribution >= 0.6 is 15.9 Å². The molecule has 1 unspecified atom stereocenters. The van der Waals surface area contributed by atoms with E-state index in [0.29, 0.717) is 0 Å². The van der Waals surface area contributed by atoms with Crippen molar-refractivity contribution in [2.75, 3.05) is 6.61 Å². The molecule has 3 N–H and O–H groups in total. The Morgan fingerprint density at radius 2 is 2.29 bits per heavy atom. The normalized spacial score (nSPS) is 14.6. The highest BCUT2D eigenvalue weighted by Gasteiger charge is 2.20. The van der Waals surface area contributed by atoms with Gasteiger partial charge in [-0.3, -0.25) is 16.3 Å². The molecule has 21 heavy (non-hydrogen) atoms. The Hall–Kier alpha value is -1.43. The molecule has 0 amide bonds. The number of aromatic nitrogens is 1. The van der Waals surface area contributed by atoms with Crippen LogP contribution in [0.2, 0.25) is 0 Å². The first-order valence-corrected chi connectivity index (χ1v) is 7.79. The quantitative estimate of drug-likeness (QED) is 0.659. The zero-order valence-electron chi connectivity index (χ0n) is 11.9. The number of benzene rings is 1. The molecule has 0 fully saturated rings. The van der Waals surface area contributed by atoms with Gasteiger partial charge < -0.3 is 4.74 Å². The summed E-state index contributed by atoms with van der Waals surface area (Å²) in [5, 5.41) is 0. The topological polar surface area (TPSA) is 60.2 Å². The number of nitrogens with one attached hydrogen (secondary N) is 1. The lowest BCUT2D eigenvalue weighted by atomic mass is 9.97. The highest BCUT2D eigenvalue weighted by Crippen LogP contribution is 2.35. The average molecular weight is 348 g/mol. The molecule has 2 heterocycles. The van der Waals surface area contributed by atoms with E-state index in [1.165, 1.54) is 11.1 Å². The molecular formula is C16H18BrN3O. The van der Waals surface area contributed by atoms with Gasteiger partial charge in [-0.2, -0.15) is 0 Å². The number of hydrazine groups is 1. The van der Waals surface area contributed by atoms with Gasteiger partial charge in [0.25, 0.3) is 0 Å². The summed E-state index contributed by atoms with van der Waals surface area (Å²) in [5.74, 6) is 6.78. The van der Waals surface area contributed by atoms with Crippen molar-refractivity contribution in [1.82, 2.24) is 10.4 Å². The maximum absolute atomic E-state index is 5.79. The van der Waals surface area contributed by atoms with Crippen molar-refractivity contribution < 1.29 is 4.74 Å². The van der Waals surface area contributed by atoms with E-state index < -0.39 is 0 Å².